The van der Waals surface area contributed by atoms with E-state index in [1.54, 1.807) is 0 Å². The summed E-state index contributed by atoms with van der Waals surface area (Å²) in [6, 6.07) is 63.7. The third-order valence-electron chi connectivity index (χ3n) is 8.72. The largest absolute Gasteiger partial charge is 0.354 e. The van der Waals surface area contributed by atoms with E-state index in [1.165, 1.54) is 0 Å². The summed E-state index contributed by atoms with van der Waals surface area (Å²) in [5.74, 6) is 1.65. The van der Waals surface area contributed by atoms with Gasteiger partial charge in [0.25, 0.3) is 0 Å². The molecule has 1 saturated heterocycles. The molecule has 0 aliphatic carbocycles. The van der Waals surface area contributed by atoms with Crippen molar-refractivity contribution < 1.29 is 9.47 Å². The first-order valence-electron chi connectivity index (χ1n) is 15.6. The lowest BCUT2D eigenvalue weighted by atomic mass is 9.79. The Kier molecular flexibility index (Phi) is 8.66. The third-order valence-corrected chi connectivity index (χ3v) is 9.85. The van der Waals surface area contributed by atoms with Gasteiger partial charge in [-0.25, -0.2) is 0 Å². The minimum Gasteiger partial charge on any atom is -0.354 e. The average Bonchev–Trinajstić information content (AvgIpc) is 3.57. The summed E-state index contributed by atoms with van der Waals surface area (Å²) >= 11 is 1.89. The van der Waals surface area contributed by atoms with Gasteiger partial charge in [0.15, 0.2) is 0 Å². The maximum absolute atomic E-state index is 7.58. The van der Waals surface area contributed by atoms with Gasteiger partial charge in [-0.05, 0) is 33.4 Å². The van der Waals surface area contributed by atoms with Crippen molar-refractivity contribution in [2.24, 2.45) is 0 Å². The number of rotatable bonds is 10. The maximum atomic E-state index is 7.58. The summed E-state index contributed by atoms with van der Waals surface area (Å²) in [5.41, 5.74) is 4.93. The zero-order chi connectivity index (χ0) is 30.4. The molecular formula is C42H36O2S. The molecule has 0 bridgehead atoms. The molecule has 0 radical (unpaired) electrons. The number of hydrogen-bond acceptors (Lipinski definition) is 3. The number of thioether (sulfide) groups is 1. The van der Waals surface area contributed by atoms with Crippen LogP contribution in [0.3, 0.4) is 0 Å². The van der Waals surface area contributed by atoms with E-state index in [0.717, 1.165) is 44.9 Å². The van der Waals surface area contributed by atoms with E-state index in [4.69, 9.17) is 9.47 Å². The molecule has 1 heterocycles. The second-order valence-corrected chi connectivity index (χ2v) is 12.5. The van der Waals surface area contributed by atoms with Gasteiger partial charge in [0.1, 0.15) is 11.2 Å². The molecule has 2 nitrogen and oxygen atoms in total. The first-order chi connectivity index (χ1) is 22.3. The Morgan fingerprint density at radius 1 is 0.333 bits per heavy atom. The van der Waals surface area contributed by atoms with Crippen molar-refractivity contribution >= 4 is 11.8 Å². The molecule has 1 fully saturated rings. The molecule has 7 rings (SSSR count). The van der Waals surface area contributed by atoms with Crippen LogP contribution in [0.2, 0.25) is 0 Å². The van der Waals surface area contributed by atoms with Crippen LogP contribution in [0.1, 0.15) is 33.4 Å². The van der Waals surface area contributed by atoms with Crippen LogP contribution in [0.4, 0.5) is 0 Å². The number of hydrogen-bond donors (Lipinski definition) is 0. The molecule has 1 aliphatic heterocycles. The van der Waals surface area contributed by atoms with Crippen LogP contribution in [0.25, 0.3) is 0 Å². The van der Waals surface area contributed by atoms with Crippen LogP contribution in [-0.2, 0) is 20.7 Å². The molecule has 0 saturated carbocycles. The van der Waals surface area contributed by atoms with E-state index in [-0.39, 0.29) is 12.2 Å². The summed E-state index contributed by atoms with van der Waals surface area (Å²) < 4.78 is 15.2. The van der Waals surface area contributed by atoms with Crippen LogP contribution in [0.5, 0.6) is 0 Å². The van der Waals surface area contributed by atoms with Crippen LogP contribution in [0.15, 0.2) is 182 Å². The van der Waals surface area contributed by atoms with E-state index in [9.17, 15) is 0 Å². The lowest BCUT2D eigenvalue weighted by molar-refractivity contribution is -0.133. The van der Waals surface area contributed by atoms with Gasteiger partial charge in [0.2, 0.25) is 0 Å². The van der Waals surface area contributed by atoms with Crippen molar-refractivity contribution in [2.75, 3.05) is 11.5 Å². The molecule has 2 atom stereocenters. The molecule has 0 spiro atoms. The van der Waals surface area contributed by atoms with Crippen molar-refractivity contribution in [3.8, 4) is 0 Å². The molecule has 6 aromatic carbocycles. The van der Waals surface area contributed by atoms with Crippen molar-refractivity contribution in [1.82, 2.24) is 0 Å². The molecule has 6 aromatic rings. The second-order valence-electron chi connectivity index (χ2n) is 11.4. The summed E-state index contributed by atoms with van der Waals surface area (Å²) in [6.45, 7) is 0. The number of benzene rings is 6. The molecule has 0 unspecified atom stereocenters. The number of ether oxygens (including phenoxy) is 2. The van der Waals surface area contributed by atoms with Gasteiger partial charge in [-0.15, -0.1) is 0 Å². The van der Waals surface area contributed by atoms with Crippen LogP contribution in [0, 0.1) is 0 Å². The molecule has 222 valence electrons. The van der Waals surface area contributed by atoms with Gasteiger partial charge in [-0.3, -0.25) is 0 Å². The highest BCUT2D eigenvalue weighted by Gasteiger charge is 2.47. The standard InChI is InChI=1S/C42H36O2S/c1-7-19-33(20-8-1)41(34-21-9-2-10-22-34,35-23-11-3-12-24-35)43-39-31-45-32-40(39)44-42(36-25-13-4-14-26-36,37-27-15-5-16-28-37)38-29-17-6-18-30-38/h1-30,39-40H,31-32H2/t39-,40-/m1/s1. The van der Waals surface area contributed by atoms with E-state index in [1.807, 2.05) is 11.8 Å². The first-order valence-corrected chi connectivity index (χ1v) is 16.7. The first kappa shape index (κ1) is 29.3. The Morgan fingerprint density at radius 2 is 0.533 bits per heavy atom. The Labute approximate surface area is 270 Å². The van der Waals surface area contributed by atoms with Gasteiger partial charge in [0, 0.05) is 11.5 Å². The Hall–Kier alpha value is -4.41. The summed E-state index contributed by atoms with van der Waals surface area (Å²) in [6.07, 6.45) is -0.378. The molecule has 1 aliphatic rings. The van der Waals surface area contributed by atoms with Crippen LogP contribution < -0.4 is 0 Å². The normalized spacial score (nSPS) is 16.8. The Bertz CT molecular complexity index is 1430. The highest BCUT2D eigenvalue weighted by Crippen LogP contribution is 2.47. The Balaban J connectivity index is 1.38. The van der Waals surface area contributed by atoms with Gasteiger partial charge in [-0.2, -0.15) is 11.8 Å². The van der Waals surface area contributed by atoms with Crippen molar-refractivity contribution in [3.63, 3.8) is 0 Å². The molecule has 0 aromatic heterocycles. The van der Waals surface area contributed by atoms with E-state index in [2.05, 4.69) is 182 Å². The zero-order valence-electron chi connectivity index (χ0n) is 25.1. The van der Waals surface area contributed by atoms with Gasteiger partial charge in [-0.1, -0.05) is 182 Å². The second kappa shape index (κ2) is 13.3. The van der Waals surface area contributed by atoms with Gasteiger partial charge < -0.3 is 9.47 Å². The SMILES string of the molecule is c1ccc(C(O[C@@H]2CSC[C@H]2OC(c2ccccc2)(c2ccccc2)c2ccccc2)(c2ccccc2)c2ccccc2)cc1. The third kappa shape index (κ3) is 5.64. The lowest BCUT2D eigenvalue weighted by Crippen LogP contribution is -2.46. The fourth-order valence-electron chi connectivity index (χ4n) is 6.63. The topological polar surface area (TPSA) is 18.5 Å². The van der Waals surface area contributed by atoms with Crippen LogP contribution >= 0.6 is 11.8 Å². The fraction of sp³-hybridized carbons (Fsp3) is 0.143. The molecule has 3 heteroatoms. The molecular weight excluding hydrogens is 569 g/mol. The van der Waals surface area contributed by atoms with Crippen molar-refractivity contribution in [2.45, 2.75) is 23.4 Å². The van der Waals surface area contributed by atoms with E-state index >= 15 is 0 Å². The van der Waals surface area contributed by atoms with Crippen LogP contribution in [-0.4, -0.2) is 23.7 Å². The smallest absolute Gasteiger partial charge is 0.144 e. The minimum absolute atomic E-state index is 0.189. The highest BCUT2D eigenvalue weighted by atomic mass is 32.2. The monoisotopic (exact) mass is 604 g/mol. The van der Waals surface area contributed by atoms with Gasteiger partial charge in [0.05, 0.1) is 12.2 Å². The molecule has 0 amide bonds. The summed E-state index contributed by atoms with van der Waals surface area (Å²) in [4.78, 5) is 0. The van der Waals surface area contributed by atoms with Crippen molar-refractivity contribution in [3.05, 3.63) is 215 Å². The maximum Gasteiger partial charge on any atom is 0.144 e. The van der Waals surface area contributed by atoms with E-state index < -0.39 is 11.2 Å². The molecule has 45 heavy (non-hydrogen) atoms. The average molecular weight is 605 g/mol. The highest BCUT2D eigenvalue weighted by molar-refractivity contribution is 7.99. The quantitative estimate of drug-likeness (QED) is 0.145. The lowest BCUT2D eigenvalue weighted by Gasteiger charge is -2.42. The predicted octanol–water partition coefficient (Wildman–Crippen LogP) is 9.49. The predicted molar refractivity (Wildman–Crippen MR) is 185 cm³/mol. The summed E-state index contributed by atoms with van der Waals surface area (Å²) in [5, 5.41) is 0. The summed E-state index contributed by atoms with van der Waals surface area (Å²) in [7, 11) is 0. The van der Waals surface area contributed by atoms with E-state index in [0.29, 0.717) is 0 Å². The molecule has 0 N–H and O–H groups in total. The van der Waals surface area contributed by atoms with Crippen molar-refractivity contribution in [1.29, 1.82) is 0 Å². The van der Waals surface area contributed by atoms with Gasteiger partial charge >= 0.3 is 0 Å². The Morgan fingerprint density at radius 3 is 0.733 bits per heavy atom. The minimum atomic E-state index is -0.824. The fourth-order valence-corrected chi connectivity index (χ4v) is 7.80. The zero-order valence-corrected chi connectivity index (χ0v) is 25.9.